The van der Waals surface area contributed by atoms with E-state index < -0.39 is 0 Å². The lowest BCUT2D eigenvalue weighted by Crippen LogP contribution is -2.31. The molecule has 2 unspecified atom stereocenters. The van der Waals surface area contributed by atoms with Gasteiger partial charge in [-0.2, -0.15) is 0 Å². The molecular weight excluding hydrogens is 512 g/mol. The molecule has 1 aliphatic rings. The molecule has 0 heterocycles. The van der Waals surface area contributed by atoms with Gasteiger partial charge in [-0.1, -0.05) is 41.5 Å². The minimum absolute atomic E-state index is 0.0725. The van der Waals surface area contributed by atoms with Crippen molar-refractivity contribution in [3.05, 3.63) is 0 Å². The average molecular weight is 565 g/mol. The Kier molecular flexibility index (Phi) is 16.4. The lowest BCUT2D eigenvalue weighted by atomic mass is 9.82. The molecule has 40 heavy (non-hydrogen) atoms. The Hall–Kier alpha value is -2.70. The van der Waals surface area contributed by atoms with Crippen molar-refractivity contribution in [2.75, 3.05) is 39.4 Å². The molecule has 10 heteroatoms. The maximum absolute atomic E-state index is 12.1. The highest BCUT2D eigenvalue weighted by atomic mass is 16.6. The molecule has 0 saturated heterocycles. The molecule has 0 aromatic rings. The first-order valence-corrected chi connectivity index (χ1v) is 14.7. The summed E-state index contributed by atoms with van der Waals surface area (Å²) in [6.07, 6.45) is 9.68. The van der Waals surface area contributed by atoms with E-state index in [0.29, 0.717) is 63.1 Å². The lowest BCUT2D eigenvalue weighted by molar-refractivity contribution is 0.0852. The minimum Gasteiger partial charge on any atom is -0.449 e. The molecule has 228 valence electrons. The van der Waals surface area contributed by atoms with Crippen LogP contribution in [0.5, 0.6) is 0 Å². The van der Waals surface area contributed by atoms with Gasteiger partial charge in [0.25, 0.3) is 0 Å². The molecular formula is C30H52N4O6. The van der Waals surface area contributed by atoms with E-state index >= 15 is 0 Å². The van der Waals surface area contributed by atoms with Gasteiger partial charge in [-0.25, -0.2) is 29.2 Å². The van der Waals surface area contributed by atoms with Crippen molar-refractivity contribution >= 4 is 24.3 Å². The van der Waals surface area contributed by atoms with Crippen LogP contribution in [0.1, 0.15) is 92.9 Å². The Morgan fingerprint density at radius 1 is 0.750 bits per heavy atom. The number of isocyanates is 2. The Labute approximate surface area is 240 Å². The number of hydrogen-bond acceptors (Lipinski definition) is 8. The Morgan fingerprint density at radius 3 is 1.43 bits per heavy atom. The van der Waals surface area contributed by atoms with E-state index in [1.165, 1.54) is 0 Å². The fourth-order valence-electron chi connectivity index (χ4n) is 5.61. The van der Waals surface area contributed by atoms with Crippen LogP contribution in [0, 0.1) is 34.5 Å². The second-order valence-corrected chi connectivity index (χ2v) is 13.3. The molecule has 0 radical (unpaired) electrons. The molecule has 2 N–H and O–H groups in total. The van der Waals surface area contributed by atoms with Gasteiger partial charge in [-0.3, -0.25) is 0 Å². The van der Waals surface area contributed by atoms with Crippen LogP contribution < -0.4 is 10.6 Å². The minimum atomic E-state index is -0.383. The van der Waals surface area contributed by atoms with Crippen LogP contribution in [-0.2, 0) is 19.1 Å². The summed E-state index contributed by atoms with van der Waals surface area (Å²) in [4.78, 5) is 52.3. The zero-order chi connectivity index (χ0) is 30.0. The van der Waals surface area contributed by atoms with Gasteiger partial charge in [-0.15, -0.1) is 0 Å². The number of ether oxygens (including phenoxy) is 2. The number of amides is 2. The Balaban J connectivity index is 2.13. The van der Waals surface area contributed by atoms with E-state index in [2.05, 4.69) is 62.2 Å². The van der Waals surface area contributed by atoms with Crippen molar-refractivity contribution < 1.29 is 28.7 Å². The van der Waals surface area contributed by atoms with Crippen molar-refractivity contribution in [2.45, 2.75) is 92.9 Å². The molecule has 0 spiro atoms. The molecule has 1 aliphatic carbocycles. The SMILES string of the molecule is CC(CCNC(=O)OCC1CCC(COC(=O)NCCC(C)CC(C)(C)CN=C=O)CC1)CC(C)(C)CN=C=O. The normalized spacial score (nSPS) is 18.9. The van der Waals surface area contributed by atoms with Crippen LogP contribution >= 0.6 is 0 Å². The summed E-state index contributed by atoms with van der Waals surface area (Å²) in [5, 5.41) is 5.67. The first-order valence-electron chi connectivity index (χ1n) is 14.7. The fraction of sp³-hybridized carbons (Fsp3) is 0.867. The van der Waals surface area contributed by atoms with Crippen molar-refractivity contribution in [1.82, 2.24) is 10.6 Å². The molecule has 0 aliphatic heterocycles. The number of carbonyl (C=O) groups is 2. The van der Waals surface area contributed by atoms with Crippen molar-refractivity contribution in [2.24, 2.45) is 44.5 Å². The molecule has 1 rings (SSSR count). The third-order valence-electron chi connectivity index (χ3n) is 7.62. The number of nitrogens with zero attached hydrogens (tertiary/aromatic N) is 2. The van der Waals surface area contributed by atoms with E-state index in [1.807, 2.05) is 0 Å². The van der Waals surface area contributed by atoms with Crippen LogP contribution in [-0.4, -0.2) is 63.7 Å². The number of rotatable bonds is 18. The van der Waals surface area contributed by atoms with E-state index in [1.54, 1.807) is 12.2 Å². The molecule has 0 aromatic carbocycles. The molecule has 0 aromatic heterocycles. The van der Waals surface area contributed by atoms with Crippen LogP contribution in [0.15, 0.2) is 9.98 Å². The average Bonchev–Trinajstić information content (AvgIpc) is 2.88. The number of aliphatic imine (C=N–C) groups is 2. The molecule has 2 atom stereocenters. The molecule has 2 amide bonds. The van der Waals surface area contributed by atoms with Gasteiger partial charge in [0.15, 0.2) is 0 Å². The van der Waals surface area contributed by atoms with E-state index in [4.69, 9.17) is 9.47 Å². The van der Waals surface area contributed by atoms with Gasteiger partial charge in [0.05, 0.1) is 26.3 Å². The van der Waals surface area contributed by atoms with Crippen molar-refractivity contribution in [3.8, 4) is 0 Å². The topological polar surface area (TPSA) is 136 Å². The Bertz CT molecular complexity index is 786. The van der Waals surface area contributed by atoms with Crippen LogP contribution in [0.3, 0.4) is 0 Å². The summed E-state index contributed by atoms with van der Waals surface area (Å²) in [7, 11) is 0. The van der Waals surface area contributed by atoms with Gasteiger partial charge in [-0.05, 0) is 85.9 Å². The van der Waals surface area contributed by atoms with Gasteiger partial charge in [0, 0.05) is 13.1 Å². The summed E-state index contributed by atoms with van der Waals surface area (Å²) in [6, 6.07) is 0. The zero-order valence-corrected chi connectivity index (χ0v) is 25.6. The Morgan fingerprint density at radius 2 is 1.10 bits per heavy atom. The predicted octanol–water partition coefficient (Wildman–Crippen LogP) is 5.80. The maximum Gasteiger partial charge on any atom is 0.407 e. The third kappa shape index (κ3) is 17.1. The maximum atomic E-state index is 12.1. The van der Waals surface area contributed by atoms with E-state index in [-0.39, 0.29) is 23.0 Å². The molecule has 10 nitrogen and oxygen atoms in total. The summed E-state index contributed by atoms with van der Waals surface area (Å²) >= 11 is 0. The van der Waals surface area contributed by atoms with Crippen LogP contribution in [0.25, 0.3) is 0 Å². The number of carbonyl (C=O) groups excluding carboxylic acids is 4. The molecule has 1 fully saturated rings. The van der Waals surface area contributed by atoms with Gasteiger partial charge >= 0.3 is 12.2 Å². The van der Waals surface area contributed by atoms with Crippen molar-refractivity contribution in [1.29, 1.82) is 0 Å². The van der Waals surface area contributed by atoms with Crippen molar-refractivity contribution in [3.63, 3.8) is 0 Å². The second kappa shape index (κ2) is 18.6. The lowest BCUT2D eigenvalue weighted by Gasteiger charge is -2.28. The standard InChI is InChI=1S/C30H52N4O6/c1-23(15-29(3,4)19-31-21-35)11-13-33-27(37)39-17-25-7-9-26(10-8-25)18-40-28(38)34-14-12-24(2)16-30(5,6)20-32-22-36/h23-26H,7-20H2,1-6H3,(H,33,37)(H,34,38). The van der Waals surface area contributed by atoms with Crippen LogP contribution in [0.2, 0.25) is 0 Å². The first-order chi connectivity index (χ1) is 18.9. The number of hydrogen-bond donors (Lipinski definition) is 2. The summed E-state index contributed by atoms with van der Waals surface area (Å²) in [6.45, 7) is 15.4. The smallest absolute Gasteiger partial charge is 0.407 e. The highest BCUT2D eigenvalue weighted by Gasteiger charge is 2.25. The highest BCUT2D eigenvalue weighted by molar-refractivity contribution is 5.67. The monoisotopic (exact) mass is 564 g/mol. The second-order valence-electron chi connectivity index (χ2n) is 13.3. The molecule has 0 bridgehead atoms. The summed E-state index contributed by atoms with van der Waals surface area (Å²) < 4.78 is 10.9. The largest absolute Gasteiger partial charge is 0.449 e. The van der Waals surface area contributed by atoms with E-state index in [0.717, 1.165) is 51.4 Å². The van der Waals surface area contributed by atoms with Crippen LogP contribution in [0.4, 0.5) is 9.59 Å². The summed E-state index contributed by atoms with van der Waals surface area (Å²) in [5.41, 5.74) is -0.145. The third-order valence-corrected chi connectivity index (χ3v) is 7.62. The fourth-order valence-corrected chi connectivity index (χ4v) is 5.61. The van der Waals surface area contributed by atoms with E-state index in [9.17, 15) is 19.2 Å². The zero-order valence-electron chi connectivity index (χ0n) is 25.6. The quantitative estimate of drug-likeness (QED) is 0.159. The highest BCUT2D eigenvalue weighted by Crippen LogP contribution is 2.30. The summed E-state index contributed by atoms with van der Waals surface area (Å²) in [5.74, 6) is 1.43. The first kappa shape index (κ1) is 35.3. The number of alkyl carbamates (subject to hydrolysis) is 2. The van der Waals surface area contributed by atoms with Gasteiger partial charge in [0.2, 0.25) is 12.2 Å². The van der Waals surface area contributed by atoms with Gasteiger partial charge < -0.3 is 20.1 Å². The number of nitrogens with one attached hydrogen (secondary N) is 2. The van der Waals surface area contributed by atoms with Gasteiger partial charge in [0.1, 0.15) is 0 Å². The predicted molar refractivity (Wildman–Crippen MR) is 154 cm³/mol. The molecule has 1 saturated carbocycles.